The van der Waals surface area contributed by atoms with Gasteiger partial charge in [0.2, 0.25) is 5.91 Å². The lowest BCUT2D eigenvalue weighted by Crippen LogP contribution is -2.41. The van der Waals surface area contributed by atoms with Crippen LogP contribution in [0.1, 0.15) is 37.1 Å². The van der Waals surface area contributed by atoms with Gasteiger partial charge in [0.1, 0.15) is 6.04 Å². The van der Waals surface area contributed by atoms with Crippen LogP contribution in [0.2, 0.25) is 0 Å². The summed E-state index contributed by atoms with van der Waals surface area (Å²) < 4.78 is 4.76. The first-order valence-corrected chi connectivity index (χ1v) is 6.36. The highest BCUT2D eigenvalue weighted by molar-refractivity contribution is 5.88. The summed E-state index contributed by atoms with van der Waals surface area (Å²) in [4.78, 5) is 29.6. The van der Waals surface area contributed by atoms with Crippen molar-refractivity contribution in [3.05, 3.63) is 29.6 Å². The van der Waals surface area contributed by atoms with Crippen LogP contribution in [0, 0.1) is 6.92 Å². The number of hydrogen-bond acceptors (Lipinski definition) is 4. The van der Waals surface area contributed by atoms with E-state index in [0.717, 1.165) is 11.3 Å². The molecule has 0 radical (unpaired) electrons. The normalized spacial score (nSPS) is 20.5. The molecule has 5 heteroatoms. The largest absolute Gasteiger partial charge is 0.467 e. The Morgan fingerprint density at radius 1 is 1.53 bits per heavy atom. The molecule has 2 rings (SSSR count). The molecule has 1 aromatic rings. The van der Waals surface area contributed by atoms with Crippen molar-refractivity contribution in [2.45, 2.75) is 38.8 Å². The summed E-state index contributed by atoms with van der Waals surface area (Å²) in [5.74, 6) is -0.380. The van der Waals surface area contributed by atoms with Gasteiger partial charge in [0, 0.05) is 12.6 Å². The van der Waals surface area contributed by atoms with Crippen molar-refractivity contribution in [1.29, 1.82) is 0 Å². The third-order valence-electron chi connectivity index (χ3n) is 3.51. The van der Waals surface area contributed by atoms with E-state index in [9.17, 15) is 9.59 Å². The maximum Gasteiger partial charge on any atom is 0.328 e. The van der Waals surface area contributed by atoms with Gasteiger partial charge in [-0.2, -0.15) is 0 Å². The number of nitrogens with zero attached hydrogens (tertiary/aromatic N) is 2. The zero-order valence-electron chi connectivity index (χ0n) is 11.4. The Balaban J connectivity index is 2.24. The fourth-order valence-electron chi connectivity index (χ4n) is 2.42. The van der Waals surface area contributed by atoms with Crippen molar-refractivity contribution in [2.75, 3.05) is 7.11 Å². The first-order valence-electron chi connectivity index (χ1n) is 6.36. The monoisotopic (exact) mass is 262 g/mol. The minimum Gasteiger partial charge on any atom is -0.467 e. The van der Waals surface area contributed by atoms with Gasteiger partial charge in [-0.15, -0.1) is 0 Å². The van der Waals surface area contributed by atoms with Crippen LogP contribution in [0.4, 0.5) is 0 Å². The van der Waals surface area contributed by atoms with Crippen molar-refractivity contribution < 1.29 is 14.3 Å². The van der Waals surface area contributed by atoms with Gasteiger partial charge in [-0.25, -0.2) is 4.79 Å². The number of ether oxygens (including phenoxy) is 1. The van der Waals surface area contributed by atoms with E-state index in [1.807, 2.05) is 26.0 Å². The number of rotatable bonds is 3. The minimum atomic E-state index is -0.490. The molecule has 1 aromatic heterocycles. The predicted octanol–water partition coefficient (Wildman–Crippen LogP) is 1.62. The molecular formula is C14H18N2O3. The number of likely N-dealkylation sites (tertiary alicyclic amines) is 1. The lowest BCUT2D eigenvalue weighted by Gasteiger charge is -2.29. The molecule has 1 amide bonds. The lowest BCUT2D eigenvalue weighted by atomic mass is 10.1. The van der Waals surface area contributed by atoms with Crippen molar-refractivity contribution in [1.82, 2.24) is 9.88 Å². The summed E-state index contributed by atoms with van der Waals surface area (Å²) in [6.45, 7) is 3.84. The molecule has 0 spiro atoms. The third kappa shape index (κ3) is 2.59. The van der Waals surface area contributed by atoms with E-state index in [1.165, 1.54) is 7.11 Å². The van der Waals surface area contributed by atoms with Gasteiger partial charge in [-0.1, -0.05) is 6.07 Å². The second-order valence-corrected chi connectivity index (χ2v) is 4.82. The van der Waals surface area contributed by atoms with Crippen LogP contribution in [0.15, 0.2) is 18.3 Å². The van der Waals surface area contributed by atoms with Crippen LogP contribution in [-0.2, 0) is 14.3 Å². The maximum absolute atomic E-state index is 12.0. The number of carbonyl (C=O) groups is 2. The fourth-order valence-corrected chi connectivity index (χ4v) is 2.42. The quantitative estimate of drug-likeness (QED) is 0.777. The van der Waals surface area contributed by atoms with E-state index < -0.39 is 6.04 Å². The van der Waals surface area contributed by atoms with Gasteiger partial charge in [0.15, 0.2) is 0 Å². The van der Waals surface area contributed by atoms with Gasteiger partial charge in [-0.05, 0) is 31.9 Å². The Kier molecular flexibility index (Phi) is 3.83. The summed E-state index contributed by atoms with van der Waals surface area (Å²) in [6.07, 6.45) is 2.66. The van der Waals surface area contributed by atoms with Crippen LogP contribution >= 0.6 is 0 Å². The van der Waals surface area contributed by atoms with Gasteiger partial charge in [-0.3, -0.25) is 9.78 Å². The molecule has 102 valence electrons. The maximum atomic E-state index is 12.0. The van der Waals surface area contributed by atoms with E-state index >= 15 is 0 Å². The second-order valence-electron chi connectivity index (χ2n) is 4.82. The standard InChI is InChI=1S/C14H18N2O3/c1-9-4-5-11(15-8-9)10(2)16-12(14(18)19-3)6-7-13(16)17/h4-5,8,10,12H,6-7H2,1-3H3. The van der Waals surface area contributed by atoms with Crippen molar-refractivity contribution in [3.63, 3.8) is 0 Å². The molecule has 2 heterocycles. The molecule has 19 heavy (non-hydrogen) atoms. The van der Waals surface area contributed by atoms with E-state index in [1.54, 1.807) is 11.1 Å². The van der Waals surface area contributed by atoms with Crippen molar-refractivity contribution in [2.24, 2.45) is 0 Å². The number of carbonyl (C=O) groups excluding carboxylic acids is 2. The van der Waals surface area contributed by atoms with E-state index in [0.29, 0.717) is 12.8 Å². The first-order chi connectivity index (χ1) is 9.04. The molecule has 1 fully saturated rings. The first kappa shape index (κ1) is 13.5. The fraction of sp³-hybridized carbons (Fsp3) is 0.500. The average Bonchev–Trinajstić information content (AvgIpc) is 2.80. The minimum absolute atomic E-state index is 0.0229. The molecule has 0 aromatic carbocycles. The molecule has 0 N–H and O–H groups in total. The van der Waals surface area contributed by atoms with E-state index in [-0.39, 0.29) is 17.9 Å². The van der Waals surface area contributed by atoms with Gasteiger partial charge >= 0.3 is 5.97 Å². The summed E-state index contributed by atoms with van der Waals surface area (Å²) in [5, 5.41) is 0. The molecule has 1 saturated heterocycles. The average molecular weight is 262 g/mol. The van der Waals surface area contributed by atoms with Crippen LogP contribution < -0.4 is 0 Å². The third-order valence-corrected chi connectivity index (χ3v) is 3.51. The molecule has 5 nitrogen and oxygen atoms in total. The van der Waals surface area contributed by atoms with Crippen molar-refractivity contribution >= 4 is 11.9 Å². The second kappa shape index (κ2) is 5.38. The molecule has 1 aliphatic heterocycles. The zero-order chi connectivity index (χ0) is 14.0. The molecule has 1 aliphatic rings. The predicted molar refractivity (Wildman–Crippen MR) is 69.3 cm³/mol. The number of pyridine rings is 1. The van der Waals surface area contributed by atoms with Crippen molar-refractivity contribution in [3.8, 4) is 0 Å². The Bertz CT molecular complexity index is 484. The van der Waals surface area contributed by atoms with Crippen LogP contribution in [0.25, 0.3) is 0 Å². The number of hydrogen-bond donors (Lipinski definition) is 0. The Hall–Kier alpha value is -1.91. The molecule has 0 saturated carbocycles. The highest BCUT2D eigenvalue weighted by atomic mass is 16.5. The SMILES string of the molecule is COC(=O)C1CCC(=O)N1C(C)c1ccc(C)cn1. The van der Waals surface area contributed by atoms with Crippen LogP contribution in [-0.4, -0.2) is 34.9 Å². The molecular weight excluding hydrogens is 244 g/mol. The number of esters is 1. The zero-order valence-corrected chi connectivity index (χ0v) is 11.4. The lowest BCUT2D eigenvalue weighted by molar-refractivity contribution is -0.150. The molecule has 0 bridgehead atoms. The van der Waals surface area contributed by atoms with Crippen LogP contribution in [0.3, 0.4) is 0 Å². The summed E-state index contributed by atoms with van der Waals surface area (Å²) in [5.41, 5.74) is 1.85. The molecule has 0 aliphatic carbocycles. The molecule has 2 unspecified atom stereocenters. The number of aryl methyl sites for hydroxylation is 1. The summed E-state index contributed by atoms with van der Waals surface area (Å²) in [6, 6.07) is 3.13. The molecule has 2 atom stereocenters. The Morgan fingerprint density at radius 3 is 2.84 bits per heavy atom. The van der Waals surface area contributed by atoms with Crippen LogP contribution in [0.5, 0.6) is 0 Å². The highest BCUT2D eigenvalue weighted by Gasteiger charge is 2.40. The summed E-state index contributed by atoms with van der Waals surface area (Å²) >= 11 is 0. The Morgan fingerprint density at radius 2 is 2.26 bits per heavy atom. The number of methoxy groups -OCH3 is 1. The number of amides is 1. The van der Waals surface area contributed by atoms with E-state index in [4.69, 9.17) is 4.74 Å². The van der Waals surface area contributed by atoms with Gasteiger partial charge in [0.05, 0.1) is 18.8 Å². The van der Waals surface area contributed by atoms with Gasteiger partial charge < -0.3 is 9.64 Å². The summed E-state index contributed by atoms with van der Waals surface area (Å²) in [7, 11) is 1.35. The van der Waals surface area contributed by atoms with Gasteiger partial charge in [0.25, 0.3) is 0 Å². The smallest absolute Gasteiger partial charge is 0.328 e. The topological polar surface area (TPSA) is 59.5 Å². The number of aromatic nitrogens is 1. The Labute approximate surface area is 112 Å². The van der Waals surface area contributed by atoms with E-state index in [2.05, 4.69) is 4.98 Å². The highest BCUT2D eigenvalue weighted by Crippen LogP contribution is 2.29.